The van der Waals surface area contributed by atoms with Gasteiger partial charge in [-0.15, -0.1) is 0 Å². The molecule has 17 heavy (non-hydrogen) atoms. The van der Waals surface area contributed by atoms with Gasteiger partial charge in [0.1, 0.15) is 0 Å². The number of hydrogen-bond acceptors (Lipinski definition) is 4. The van der Waals surface area contributed by atoms with Gasteiger partial charge < -0.3 is 9.84 Å². The van der Waals surface area contributed by atoms with Crippen molar-refractivity contribution in [3.05, 3.63) is 34.3 Å². The van der Waals surface area contributed by atoms with Crippen molar-refractivity contribution < 1.29 is 19.4 Å². The third kappa shape index (κ3) is 1.89. The summed E-state index contributed by atoms with van der Waals surface area (Å²) in [4.78, 5) is 26.2. The zero-order valence-corrected chi connectivity index (χ0v) is 10.3. The molecule has 0 bridgehead atoms. The third-order valence-corrected chi connectivity index (χ3v) is 2.67. The number of imidazole rings is 1. The number of carboxylic acid groups (broad SMARTS) is 1. The molecule has 6 nitrogen and oxygen atoms in total. The number of carbonyl (C=O) groups excluding carboxylic acids is 1. The minimum absolute atomic E-state index is 0.0220. The maximum Gasteiger partial charge on any atom is 0.372 e. The largest absolute Gasteiger partial charge is 0.475 e. The fraction of sp³-hybridized carbons (Fsp3) is 0.100. The van der Waals surface area contributed by atoms with E-state index < -0.39 is 11.9 Å². The maximum absolute atomic E-state index is 11.5. The molecule has 0 unspecified atom stereocenters. The van der Waals surface area contributed by atoms with Crippen LogP contribution in [0, 0.1) is 0 Å². The van der Waals surface area contributed by atoms with Crippen LogP contribution < -0.4 is 0 Å². The number of rotatable bonds is 2. The molecule has 2 rings (SSSR count). The molecule has 0 saturated heterocycles. The average Bonchev–Trinajstić information content (AvgIpc) is 2.66. The molecule has 0 spiro atoms. The Morgan fingerprint density at radius 1 is 1.53 bits per heavy atom. The van der Waals surface area contributed by atoms with Crippen LogP contribution in [0.1, 0.15) is 21.1 Å². The first-order valence-corrected chi connectivity index (χ1v) is 5.33. The second kappa shape index (κ2) is 4.17. The predicted octanol–water partition coefficient (Wildman–Crippen LogP) is 1.58. The number of nitrogens with zero attached hydrogens (tertiary/aromatic N) is 2. The van der Waals surface area contributed by atoms with Crippen molar-refractivity contribution in [1.29, 1.82) is 0 Å². The second-order valence-electron chi connectivity index (χ2n) is 3.18. The van der Waals surface area contributed by atoms with E-state index in [0.29, 0.717) is 9.99 Å². The van der Waals surface area contributed by atoms with Crippen LogP contribution in [-0.2, 0) is 4.74 Å². The standard InChI is InChI=1S/C10H7BrN2O4/c1-17-10(16)7-6-4-5(11)2-3-13(6)8(12-7)9(14)15/h2-4H,1H3,(H,14,15). The molecule has 2 aromatic rings. The molecule has 2 aromatic heterocycles. The molecule has 0 saturated carbocycles. The molecule has 0 radical (unpaired) electrons. The fourth-order valence-electron chi connectivity index (χ4n) is 1.46. The van der Waals surface area contributed by atoms with Gasteiger partial charge in [0.15, 0.2) is 5.69 Å². The second-order valence-corrected chi connectivity index (χ2v) is 4.10. The Balaban J connectivity index is 2.80. The highest BCUT2D eigenvalue weighted by Gasteiger charge is 2.21. The Bertz CT molecular complexity index is 620. The Kier molecular flexibility index (Phi) is 2.84. The summed E-state index contributed by atoms with van der Waals surface area (Å²) in [7, 11) is 1.21. The number of pyridine rings is 1. The maximum atomic E-state index is 11.5. The monoisotopic (exact) mass is 298 g/mol. The number of carboxylic acids is 1. The Hall–Kier alpha value is -1.89. The van der Waals surface area contributed by atoms with Crippen LogP contribution >= 0.6 is 15.9 Å². The van der Waals surface area contributed by atoms with Gasteiger partial charge in [-0.1, -0.05) is 15.9 Å². The number of ether oxygens (including phenoxy) is 1. The smallest absolute Gasteiger partial charge is 0.372 e. The molecule has 88 valence electrons. The molecule has 0 aliphatic rings. The molecular formula is C10H7BrN2O4. The lowest BCUT2D eigenvalue weighted by Gasteiger charge is -1.98. The van der Waals surface area contributed by atoms with Gasteiger partial charge in [0, 0.05) is 10.7 Å². The van der Waals surface area contributed by atoms with E-state index in [4.69, 9.17) is 5.11 Å². The van der Waals surface area contributed by atoms with E-state index in [-0.39, 0.29) is 11.5 Å². The molecular weight excluding hydrogens is 292 g/mol. The molecule has 0 aliphatic carbocycles. The van der Waals surface area contributed by atoms with Crippen molar-refractivity contribution in [1.82, 2.24) is 9.38 Å². The lowest BCUT2D eigenvalue weighted by Crippen LogP contribution is -2.04. The quantitative estimate of drug-likeness (QED) is 0.852. The normalized spacial score (nSPS) is 10.5. The summed E-state index contributed by atoms with van der Waals surface area (Å²) in [6.07, 6.45) is 1.52. The van der Waals surface area contributed by atoms with Crippen LogP contribution in [0.25, 0.3) is 5.52 Å². The van der Waals surface area contributed by atoms with Crippen molar-refractivity contribution in [2.75, 3.05) is 7.11 Å². The van der Waals surface area contributed by atoms with Crippen LogP contribution in [0.5, 0.6) is 0 Å². The molecule has 0 amide bonds. The van der Waals surface area contributed by atoms with Gasteiger partial charge in [-0.3, -0.25) is 4.40 Å². The van der Waals surface area contributed by atoms with Gasteiger partial charge in [-0.2, -0.15) is 0 Å². The number of methoxy groups -OCH3 is 1. The molecule has 1 N–H and O–H groups in total. The summed E-state index contributed by atoms with van der Waals surface area (Å²) in [5, 5.41) is 8.97. The minimum atomic E-state index is -1.21. The Labute approximate surface area is 104 Å². The summed E-state index contributed by atoms with van der Waals surface area (Å²) in [6.45, 7) is 0. The van der Waals surface area contributed by atoms with Gasteiger partial charge in [0.05, 0.1) is 12.6 Å². The summed E-state index contributed by atoms with van der Waals surface area (Å²) in [6, 6.07) is 3.26. The molecule has 0 fully saturated rings. The Morgan fingerprint density at radius 3 is 2.82 bits per heavy atom. The molecule has 0 aromatic carbocycles. The van der Waals surface area contributed by atoms with Crippen molar-refractivity contribution in [2.24, 2.45) is 0 Å². The van der Waals surface area contributed by atoms with Gasteiger partial charge in [0.25, 0.3) is 0 Å². The topological polar surface area (TPSA) is 80.9 Å². The summed E-state index contributed by atoms with van der Waals surface area (Å²) in [5.41, 5.74) is 0.356. The van der Waals surface area contributed by atoms with Crippen LogP contribution in [-0.4, -0.2) is 33.5 Å². The average molecular weight is 299 g/mol. The Morgan fingerprint density at radius 2 is 2.24 bits per heavy atom. The van der Waals surface area contributed by atoms with E-state index in [9.17, 15) is 9.59 Å². The zero-order chi connectivity index (χ0) is 12.6. The molecule has 0 aliphatic heterocycles. The number of esters is 1. The van der Waals surface area contributed by atoms with Crippen molar-refractivity contribution in [3.63, 3.8) is 0 Å². The first-order valence-electron chi connectivity index (χ1n) is 4.54. The minimum Gasteiger partial charge on any atom is -0.475 e. The van der Waals surface area contributed by atoms with Gasteiger partial charge in [-0.05, 0) is 12.1 Å². The number of aromatic nitrogens is 2. The number of hydrogen-bond donors (Lipinski definition) is 1. The van der Waals surface area contributed by atoms with Crippen molar-refractivity contribution >= 4 is 33.4 Å². The highest BCUT2D eigenvalue weighted by molar-refractivity contribution is 9.10. The van der Waals surface area contributed by atoms with Gasteiger partial charge in [0.2, 0.25) is 5.82 Å². The first kappa shape index (κ1) is 11.6. The number of carbonyl (C=O) groups is 2. The lowest BCUT2D eigenvalue weighted by atomic mass is 10.3. The SMILES string of the molecule is COC(=O)c1nc(C(=O)O)n2ccc(Br)cc12. The number of aromatic carboxylic acids is 1. The van der Waals surface area contributed by atoms with E-state index in [2.05, 4.69) is 25.7 Å². The molecule has 2 heterocycles. The predicted molar refractivity (Wildman–Crippen MR) is 61.2 cm³/mol. The highest BCUT2D eigenvalue weighted by Crippen LogP contribution is 2.19. The number of fused-ring (bicyclic) bond motifs is 1. The van der Waals surface area contributed by atoms with E-state index in [0.717, 1.165) is 0 Å². The third-order valence-electron chi connectivity index (χ3n) is 2.18. The lowest BCUT2D eigenvalue weighted by molar-refractivity contribution is 0.0597. The summed E-state index contributed by atoms with van der Waals surface area (Å²) < 4.78 is 6.59. The van der Waals surface area contributed by atoms with Gasteiger partial charge in [-0.25, -0.2) is 14.6 Å². The van der Waals surface area contributed by atoms with Gasteiger partial charge >= 0.3 is 11.9 Å². The zero-order valence-electron chi connectivity index (χ0n) is 8.68. The first-order chi connectivity index (χ1) is 8.04. The summed E-state index contributed by atoms with van der Waals surface area (Å²) in [5.74, 6) is -2.11. The molecule has 0 atom stereocenters. The summed E-state index contributed by atoms with van der Waals surface area (Å²) >= 11 is 3.24. The molecule has 7 heteroatoms. The van der Waals surface area contributed by atoms with E-state index >= 15 is 0 Å². The fourth-order valence-corrected chi connectivity index (χ4v) is 1.79. The van der Waals surface area contributed by atoms with E-state index in [1.54, 1.807) is 12.1 Å². The highest BCUT2D eigenvalue weighted by atomic mass is 79.9. The van der Waals surface area contributed by atoms with Crippen LogP contribution in [0.4, 0.5) is 0 Å². The van der Waals surface area contributed by atoms with Crippen molar-refractivity contribution in [2.45, 2.75) is 0 Å². The van der Waals surface area contributed by atoms with Crippen molar-refractivity contribution in [3.8, 4) is 0 Å². The van der Waals surface area contributed by atoms with E-state index in [1.807, 2.05) is 0 Å². The number of halogens is 1. The van der Waals surface area contributed by atoms with E-state index in [1.165, 1.54) is 17.7 Å². The van der Waals surface area contributed by atoms with Crippen LogP contribution in [0.15, 0.2) is 22.8 Å². The van der Waals surface area contributed by atoms with Crippen LogP contribution in [0.3, 0.4) is 0 Å². The van der Waals surface area contributed by atoms with Crippen LogP contribution in [0.2, 0.25) is 0 Å².